The van der Waals surface area contributed by atoms with Crippen molar-refractivity contribution in [1.29, 1.82) is 0 Å². The van der Waals surface area contributed by atoms with Crippen LogP contribution in [0.1, 0.15) is 17.5 Å². The molecule has 0 N–H and O–H groups in total. The van der Waals surface area contributed by atoms with Crippen molar-refractivity contribution < 1.29 is 14.2 Å². The van der Waals surface area contributed by atoms with Gasteiger partial charge in [0.1, 0.15) is 24.7 Å². The zero-order chi connectivity index (χ0) is 17.9. The molecule has 0 saturated carbocycles. The minimum atomic E-state index is 0.564. The number of ether oxygens (including phenoxy) is 3. The third-order valence-corrected chi connectivity index (χ3v) is 6.19. The van der Waals surface area contributed by atoms with Crippen LogP contribution < -0.4 is 9.47 Å². The minimum Gasteiger partial charge on any atom is -0.491 e. The van der Waals surface area contributed by atoms with E-state index in [-0.39, 0.29) is 0 Å². The molecule has 0 bridgehead atoms. The van der Waals surface area contributed by atoms with Crippen molar-refractivity contribution in [3.8, 4) is 11.5 Å². The van der Waals surface area contributed by atoms with Gasteiger partial charge in [-0.1, -0.05) is 36.4 Å². The summed E-state index contributed by atoms with van der Waals surface area (Å²) in [6.07, 6.45) is 1.22. The number of hydrogen-bond acceptors (Lipinski definition) is 5. The Hall–Kier alpha value is -1.30. The quantitative estimate of drug-likeness (QED) is 0.629. The van der Waals surface area contributed by atoms with Gasteiger partial charge in [0.25, 0.3) is 0 Å². The van der Waals surface area contributed by atoms with Crippen LogP contribution in [0, 0.1) is 0 Å². The number of rotatable bonds is 0. The maximum absolute atomic E-state index is 5.91. The zero-order valence-corrected chi connectivity index (χ0v) is 16.7. The molecule has 0 aromatic heterocycles. The first-order chi connectivity index (χ1) is 12.9. The van der Waals surface area contributed by atoms with E-state index in [9.17, 15) is 0 Å². The van der Waals surface area contributed by atoms with E-state index < -0.39 is 0 Å². The SMILES string of the molecule is c1ccc2c(c1)CSCCCSCc1ccccc1OCCOCCO2. The topological polar surface area (TPSA) is 27.7 Å². The van der Waals surface area contributed by atoms with Crippen molar-refractivity contribution in [3.05, 3.63) is 59.7 Å². The third kappa shape index (κ3) is 6.45. The van der Waals surface area contributed by atoms with Crippen LogP contribution in [0.2, 0.25) is 0 Å². The van der Waals surface area contributed by atoms with Gasteiger partial charge in [-0.3, -0.25) is 0 Å². The van der Waals surface area contributed by atoms with E-state index in [1.54, 1.807) is 0 Å². The summed E-state index contributed by atoms with van der Waals surface area (Å²) in [6.45, 7) is 2.27. The molecule has 0 unspecified atom stereocenters. The zero-order valence-electron chi connectivity index (χ0n) is 15.0. The summed E-state index contributed by atoms with van der Waals surface area (Å²) >= 11 is 3.95. The molecule has 5 heteroatoms. The second-order valence-electron chi connectivity index (χ2n) is 5.98. The summed E-state index contributed by atoms with van der Waals surface area (Å²) in [4.78, 5) is 0. The lowest BCUT2D eigenvalue weighted by atomic mass is 10.2. The summed E-state index contributed by atoms with van der Waals surface area (Å²) < 4.78 is 17.5. The van der Waals surface area contributed by atoms with Gasteiger partial charge in [0.05, 0.1) is 13.2 Å². The van der Waals surface area contributed by atoms with Gasteiger partial charge in [0.2, 0.25) is 0 Å². The number of fused-ring (bicyclic) bond motifs is 2. The van der Waals surface area contributed by atoms with Crippen LogP contribution in [0.15, 0.2) is 48.5 Å². The van der Waals surface area contributed by atoms with Crippen LogP contribution in [0.4, 0.5) is 0 Å². The van der Waals surface area contributed by atoms with E-state index in [0.29, 0.717) is 26.4 Å². The summed E-state index contributed by atoms with van der Waals surface area (Å²) in [5, 5.41) is 0. The lowest BCUT2D eigenvalue weighted by molar-refractivity contribution is 0.0761. The van der Waals surface area contributed by atoms with Gasteiger partial charge >= 0.3 is 0 Å². The van der Waals surface area contributed by atoms with Crippen LogP contribution in [-0.4, -0.2) is 37.9 Å². The summed E-state index contributed by atoms with van der Waals surface area (Å²) in [6, 6.07) is 16.6. The van der Waals surface area contributed by atoms with E-state index in [4.69, 9.17) is 14.2 Å². The molecule has 2 aromatic carbocycles. The first-order valence-electron chi connectivity index (χ1n) is 9.08. The Labute approximate surface area is 164 Å². The lowest BCUT2D eigenvalue weighted by Crippen LogP contribution is -2.13. The smallest absolute Gasteiger partial charge is 0.123 e. The average Bonchev–Trinajstić information content (AvgIpc) is 2.68. The van der Waals surface area contributed by atoms with Crippen molar-refractivity contribution in [2.24, 2.45) is 0 Å². The van der Waals surface area contributed by atoms with Crippen LogP contribution in [0.25, 0.3) is 0 Å². The molecular formula is C21H26O3S2. The van der Waals surface area contributed by atoms with Crippen molar-refractivity contribution in [1.82, 2.24) is 0 Å². The van der Waals surface area contributed by atoms with E-state index >= 15 is 0 Å². The largest absolute Gasteiger partial charge is 0.491 e. The van der Waals surface area contributed by atoms with Crippen LogP contribution >= 0.6 is 23.5 Å². The molecule has 3 rings (SSSR count). The Bertz CT molecular complexity index is 552. The molecule has 26 heavy (non-hydrogen) atoms. The highest BCUT2D eigenvalue weighted by atomic mass is 32.2. The monoisotopic (exact) mass is 390 g/mol. The van der Waals surface area contributed by atoms with Crippen molar-refractivity contribution in [2.75, 3.05) is 37.9 Å². The Morgan fingerprint density at radius 2 is 1.12 bits per heavy atom. The second kappa shape index (κ2) is 11.4. The molecule has 0 aliphatic carbocycles. The molecule has 1 aliphatic rings. The first-order valence-corrected chi connectivity index (χ1v) is 11.4. The summed E-state index contributed by atoms with van der Waals surface area (Å²) in [7, 11) is 0. The van der Waals surface area contributed by atoms with Gasteiger partial charge in [-0.2, -0.15) is 23.5 Å². The minimum absolute atomic E-state index is 0.564. The van der Waals surface area contributed by atoms with E-state index in [1.165, 1.54) is 29.1 Å². The fourth-order valence-corrected chi connectivity index (χ4v) is 4.76. The Balaban J connectivity index is 1.56. The Kier molecular flexibility index (Phi) is 8.55. The van der Waals surface area contributed by atoms with E-state index in [1.807, 2.05) is 47.8 Å². The predicted octanol–water partition coefficient (Wildman–Crippen LogP) is 5.03. The van der Waals surface area contributed by atoms with Crippen molar-refractivity contribution >= 4 is 23.5 Å². The van der Waals surface area contributed by atoms with Crippen LogP contribution in [0.5, 0.6) is 11.5 Å². The standard InChI is InChI=1S/C21H26O3S2/c1-3-8-20-18(6-1)16-25-14-5-15-26-17-19-7-2-4-9-21(19)24-13-11-22-10-12-23-20/h1-4,6-9H,5,10-17H2. The molecule has 0 saturated heterocycles. The highest BCUT2D eigenvalue weighted by Gasteiger charge is 2.06. The normalized spacial score (nSPS) is 17.5. The molecule has 0 fully saturated rings. The predicted molar refractivity (Wildman–Crippen MR) is 112 cm³/mol. The van der Waals surface area contributed by atoms with Gasteiger partial charge in [0, 0.05) is 22.6 Å². The maximum Gasteiger partial charge on any atom is 0.123 e. The molecule has 0 spiro atoms. The molecule has 0 atom stereocenters. The molecular weight excluding hydrogens is 364 g/mol. The molecule has 0 amide bonds. The second-order valence-corrected chi connectivity index (χ2v) is 8.19. The van der Waals surface area contributed by atoms with Gasteiger partial charge in [-0.15, -0.1) is 0 Å². The Morgan fingerprint density at radius 3 is 1.65 bits per heavy atom. The third-order valence-electron chi connectivity index (χ3n) is 4.01. The summed E-state index contributed by atoms with van der Waals surface area (Å²) in [5.41, 5.74) is 2.53. The molecule has 140 valence electrons. The lowest BCUT2D eigenvalue weighted by Gasteiger charge is -2.14. The number of thioether (sulfide) groups is 2. The van der Waals surface area contributed by atoms with Gasteiger partial charge in [0.15, 0.2) is 0 Å². The highest BCUT2D eigenvalue weighted by molar-refractivity contribution is 7.99. The Morgan fingerprint density at radius 1 is 0.615 bits per heavy atom. The van der Waals surface area contributed by atoms with Gasteiger partial charge < -0.3 is 14.2 Å². The van der Waals surface area contributed by atoms with Crippen molar-refractivity contribution in [3.63, 3.8) is 0 Å². The number of benzene rings is 2. The molecule has 2 aromatic rings. The molecule has 1 aliphatic heterocycles. The molecule has 3 nitrogen and oxygen atoms in total. The van der Waals surface area contributed by atoms with Crippen LogP contribution in [-0.2, 0) is 16.2 Å². The molecule has 1 heterocycles. The van der Waals surface area contributed by atoms with Crippen molar-refractivity contribution in [2.45, 2.75) is 17.9 Å². The first kappa shape index (κ1) is 19.5. The summed E-state index contributed by atoms with van der Waals surface area (Å²) in [5.74, 6) is 6.29. The molecule has 0 radical (unpaired) electrons. The van der Waals surface area contributed by atoms with E-state index in [0.717, 1.165) is 23.0 Å². The fourth-order valence-electron chi connectivity index (χ4n) is 2.68. The number of hydrogen-bond donors (Lipinski definition) is 0. The average molecular weight is 391 g/mol. The number of para-hydroxylation sites is 2. The highest BCUT2D eigenvalue weighted by Crippen LogP contribution is 2.26. The fraction of sp³-hybridized carbons (Fsp3) is 0.429. The van der Waals surface area contributed by atoms with Gasteiger partial charge in [-0.05, 0) is 30.1 Å². The van der Waals surface area contributed by atoms with Gasteiger partial charge in [-0.25, -0.2) is 0 Å². The maximum atomic E-state index is 5.91. The van der Waals surface area contributed by atoms with Crippen LogP contribution in [0.3, 0.4) is 0 Å². The van der Waals surface area contributed by atoms with E-state index in [2.05, 4.69) is 24.3 Å².